The average Bonchev–Trinajstić information content (AvgIpc) is 3.20. The van der Waals surface area contributed by atoms with Gasteiger partial charge in [-0.1, -0.05) is 41.9 Å². The van der Waals surface area contributed by atoms with Crippen LogP contribution < -0.4 is 5.32 Å². The zero-order valence-electron chi connectivity index (χ0n) is 16.7. The van der Waals surface area contributed by atoms with Gasteiger partial charge in [-0.3, -0.25) is 4.90 Å². The smallest absolute Gasteiger partial charge is 0.137 e. The first-order valence-electron chi connectivity index (χ1n) is 10.4. The van der Waals surface area contributed by atoms with E-state index >= 15 is 0 Å². The molecule has 4 aromatic rings. The van der Waals surface area contributed by atoms with Crippen LogP contribution in [0, 0.1) is 0 Å². The number of piperidine rings is 1. The van der Waals surface area contributed by atoms with E-state index in [0.717, 1.165) is 60.5 Å². The number of H-pyrrole nitrogens is 1. The van der Waals surface area contributed by atoms with Gasteiger partial charge >= 0.3 is 0 Å². The summed E-state index contributed by atoms with van der Waals surface area (Å²) in [5, 5.41) is 5.19. The minimum atomic E-state index is 0.403. The fourth-order valence-electron chi connectivity index (χ4n) is 4.21. The molecule has 0 radical (unpaired) electrons. The molecule has 0 aliphatic carbocycles. The summed E-state index contributed by atoms with van der Waals surface area (Å²) in [5.74, 6) is 0.831. The van der Waals surface area contributed by atoms with Gasteiger partial charge in [0.25, 0.3) is 0 Å². The second-order valence-electron chi connectivity index (χ2n) is 7.85. The van der Waals surface area contributed by atoms with E-state index in [1.807, 2.05) is 18.3 Å². The molecule has 1 aliphatic heterocycles. The van der Waals surface area contributed by atoms with E-state index in [2.05, 4.69) is 67.6 Å². The number of likely N-dealkylation sites (tertiary alicyclic amines) is 1. The molecule has 0 amide bonds. The Kier molecular flexibility index (Phi) is 5.39. The summed E-state index contributed by atoms with van der Waals surface area (Å²) in [6.45, 7) is 3.17. The summed E-state index contributed by atoms with van der Waals surface area (Å²) in [4.78, 5) is 14.6. The van der Waals surface area contributed by atoms with Crippen molar-refractivity contribution in [3.63, 3.8) is 0 Å². The Morgan fingerprint density at radius 1 is 1.07 bits per heavy atom. The van der Waals surface area contributed by atoms with E-state index in [1.54, 1.807) is 6.20 Å². The van der Waals surface area contributed by atoms with Gasteiger partial charge in [0.15, 0.2) is 0 Å². The Bertz CT molecular complexity index is 1130. The van der Waals surface area contributed by atoms with Crippen LogP contribution in [0.1, 0.15) is 18.4 Å². The molecule has 1 fully saturated rings. The van der Waals surface area contributed by atoms with Crippen LogP contribution in [0.4, 0.5) is 5.82 Å². The molecular formula is C24H24ClN5. The summed E-state index contributed by atoms with van der Waals surface area (Å²) in [6, 6.07) is 19.1. The Hall–Kier alpha value is -2.89. The van der Waals surface area contributed by atoms with Crippen LogP contribution in [0.15, 0.2) is 67.0 Å². The van der Waals surface area contributed by atoms with Crippen molar-refractivity contribution in [2.24, 2.45) is 0 Å². The van der Waals surface area contributed by atoms with Crippen molar-refractivity contribution in [1.82, 2.24) is 19.9 Å². The Balaban J connectivity index is 1.27. The predicted octanol–water partition coefficient (Wildman–Crippen LogP) is 5.35. The van der Waals surface area contributed by atoms with Crippen LogP contribution in [0.5, 0.6) is 0 Å². The lowest BCUT2D eigenvalue weighted by atomic mass is 10.0. The number of fused-ring (bicyclic) bond motifs is 1. The van der Waals surface area contributed by atoms with E-state index in [4.69, 9.17) is 11.6 Å². The first kappa shape index (κ1) is 19.1. The van der Waals surface area contributed by atoms with Crippen LogP contribution in [0.3, 0.4) is 0 Å². The number of benzene rings is 1. The van der Waals surface area contributed by atoms with Gasteiger partial charge in [-0.25, -0.2) is 9.97 Å². The SMILES string of the molecule is Clc1cc(-c2c[nH]c3ncccc23)cc(NC2CCN(Cc3ccccc3)CC2)n1. The molecule has 5 nitrogen and oxygen atoms in total. The highest BCUT2D eigenvalue weighted by Gasteiger charge is 2.20. The van der Waals surface area contributed by atoms with Gasteiger partial charge in [-0.2, -0.15) is 0 Å². The second-order valence-corrected chi connectivity index (χ2v) is 8.23. The second kappa shape index (κ2) is 8.46. The fourth-order valence-corrected chi connectivity index (χ4v) is 4.42. The highest BCUT2D eigenvalue weighted by atomic mass is 35.5. The topological polar surface area (TPSA) is 56.8 Å². The molecule has 152 valence electrons. The van der Waals surface area contributed by atoms with Gasteiger partial charge in [-0.05, 0) is 48.2 Å². The van der Waals surface area contributed by atoms with Crippen LogP contribution in [-0.2, 0) is 6.54 Å². The largest absolute Gasteiger partial charge is 0.367 e. The predicted molar refractivity (Wildman–Crippen MR) is 123 cm³/mol. The molecule has 1 aromatic carbocycles. The Morgan fingerprint density at radius 2 is 1.90 bits per heavy atom. The number of pyridine rings is 2. The van der Waals surface area contributed by atoms with Gasteiger partial charge < -0.3 is 10.3 Å². The molecule has 0 bridgehead atoms. The lowest BCUT2D eigenvalue weighted by Gasteiger charge is -2.32. The minimum Gasteiger partial charge on any atom is -0.367 e. The molecule has 2 N–H and O–H groups in total. The van der Waals surface area contributed by atoms with Crippen LogP contribution in [-0.4, -0.2) is 39.0 Å². The highest BCUT2D eigenvalue weighted by molar-refractivity contribution is 6.29. The molecule has 0 atom stereocenters. The summed E-state index contributed by atoms with van der Waals surface area (Å²) in [6.07, 6.45) is 5.95. The number of aromatic amines is 1. The Labute approximate surface area is 181 Å². The number of nitrogens with zero attached hydrogens (tertiary/aromatic N) is 3. The van der Waals surface area contributed by atoms with Gasteiger partial charge in [-0.15, -0.1) is 0 Å². The van der Waals surface area contributed by atoms with Crippen molar-refractivity contribution in [2.45, 2.75) is 25.4 Å². The number of halogens is 1. The zero-order valence-corrected chi connectivity index (χ0v) is 17.4. The van der Waals surface area contributed by atoms with Crippen molar-refractivity contribution in [3.05, 3.63) is 77.7 Å². The fraction of sp³-hybridized carbons (Fsp3) is 0.250. The lowest BCUT2D eigenvalue weighted by molar-refractivity contribution is 0.211. The van der Waals surface area contributed by atoms with Crippen molar-refractivity contribution in [3.8, 4) is 11.1 Å². The molecule has 1 saturated heterocycles. The maximum absolute atomic E-state index is 6.36. The molecule has 0 unspecified atom stereocenters. The van der Waals surface area contributed by atoms with Crippen molar-refractivity contribution in [2.75, 3.05) is 18.4 Å². The minimum absolute atomic E-state index is 0.403. The van der Waals surface area contributed by atoms with Gasteiger partial charge in [0.1, 0.15) is 16.6 Å². The maximum atomic E-state index is 6.36. The third kappa shape index (κ3) is 4.18. The summed E-state index contributed by atoms with van der Waals surface area (Å²) < 4.78 is 0. The van der Waals surface area contributed by atoms with Crippen LogP contribution >= 0.6 is 11.6 Å². The monoisotopic (exact) mass is 417 g/mol. The highest BCUT2D eigenvalue weighted by Crippen LogP contribution is 2.31. The Morgan fingerprint density at radius 3 is 2.73 bits per heavy atom. The molecule has 0 saturated carbocycles. The lowest BCUT2D eigenvalue weighted by Crippen LogP contribution is -2.38. The first-order chi connectivity index (χ1) is 14.7. The van der Waals surface area contributed by atoms with E-state index < -0.39 is 0 Å². The first-order valence-corrected chi connectivity index (χ1v) is 10.8. The molecule has 30 heavy (non-hydrogen) atoms. The van der Waals surface area contributed by atoms with E-state index in [-0.39, 0.29) is 0 Å². The molecular weight excluding hydrogens is 394 g/mol. The number of aromatic nitrogens is 3. The van der Waals surface area contributed by atoms with Gasteiger partial charge in [0, 0.05) is 49.0 Å². The quantitative estimate of drug-likeness (QED) is 0.429. The van der Waals surface area contributed by atoms with E-state index in [1.165, 1.54) is 5.56 Å². The molecule has 5 rings (SSSR count). The number of nitrogens with one attached hydrogen (secondary N) is 2. The van der Waals surface area contributed by atoms with Crippen molar-refractivity contribution in [1.29, 1.82) is 0 Å². The summed E-state index contributed by atoms with van der Waals surface area (Å²) >= 11 is 6.36. The van der Waals surface area contributed by atoms with E-state index in [9.17, 15) is 0 Å². The maximum Gasteiger partial charge on any atom is 0.137 e. The number of hydrogen-bond donors (Lipinski definition) is 2. The normalized spacial score (nSPS) is 15.5. The number of hydrogen-bond acceptors (Lipinski definition) is 4. The number of rotatable bonds is 5. The third-order valence-electron chi connectivity index (χ3n) is 5.74. The zero-order chi connectivity index (χ0) is 20.3. The van der Waals surface area contributed by atoms with Crippen molar-refractivity contribution < 1.29 is 0 Å². The van der Waals surface area contributed by atoms with Crippen LogP contribution in [0.2, 0.25) is 5.15 Å². The standard InChI is InChI=1S/C24H24ClN5/c25-22-13-18(21-15-27-24-20(21)7-4-10-26-24)14-23(29-22)28-19-8-11-30(12-9-19)16-17-5-2-1-3-6-17/h1-7,10,13-15,19H,8-9,11-12,16H2,(H,26,27)(H,28,29). The molecule has 1 aliphatic rings. The number of anilines is 1. The molecule has 0 spiro atoms. The molecule has 4 heterocycles. The summed E-state index contributed by atoms with van der Waals surface area (Å²) in [5.41, 5.74) is 4.38. The van der Waals surface area contributed by atoms with Gasteiger partial charge in [0.2, 0.25) is 0 Å². The van der Waals surface area contributed by atoms with Gasteiger partial charge in [0.05, 0.1) is 0 Å². The summed E-state index contributed by atoms with van der Waals surface area (Å²) in [7, 11) is 0. The van der Waals surface area contributed by atoms with E-state index in [0.29, 0.717) is 11.2 Å². The molecule has 3 aromatic heterocycles. The van der Waals surface area contributed by atoms with Crippen molar-refractivity contribution >= 4 is 28.5 Å². The molecule has 6 heteroatoms. The third-order valence-corrected chi connectivity index (χ3v) is 5.94. The average molecular weight is 418 g/mol. The van der Waals surface area contributed by atoms with Crippen LogP contribution in [0.25, 0.3) is 22.2 Å².